The molecule has 1 aromatic heterocycles. The summed E-state index contributed by atoms with van der Waals surface area (Å²) in [6, 6.07) is 0. The second-order valence-electron chi connectivity index (χ2n) is 5.84. The minimum absolute atomic E-state index is 0.730. The molecule has 3 heterocycles. The maximum Gasteiger partial charge on any atom is 0.194 e. The fourth-order valence-electron chi connectivity index (χ4n) is 3.06. The molecule has 122 valence electrons. The third-order valence-corrected chi connectivity index (χ3v) is 5.08. The van der Waals surface area contributed by atoms with Crippen LogP contribution in [-0.2, 0) is 11.3 Å². The van der Waals surface area contributed by atoms with Gasteiger partial charge in [-0.25, -0.2) is 4.98 Å². The number of thiazole rings is 1. The summed E-state index contributed by atoms with van der Waals surface area (Å²) in [4.78, 5) is 13.6. The number of nitrogens with one attached hydrogen (secondary N) is 1. The number of hydrogen-bond donors (Lipinski definition) is 1. The molecule has 0 radical (unpaired) electrons. The first-order valence-corrected chi connectivity index (χ1v) is 8.87. The molecule has 1 aromatic rings. The van der Waals surface area contributed by atoms with Gasteiger partial charge in [-0.05, 0) is 12.3 Å². The Bertz CT molecular complexity index is 464. The zero-order chi connectivity index (χ0) is 15.2. The lowest BCUT2D eigenvalue weighted by Crippen LogP contribution is -2.53. The molecule has 1 unspecified atom stereocenters. The molecule has 0 saturated carbocycles. The molecule has 6 nitrogen and oxygen atoms in total. The average molecular weight is 323 g/mol. The van der Waals surface area contributed by atoms with Crippen LogP contribution in [0.4, 0.5) is 0 Å². The zero-order valence-corrected chi connectivity index (χ0v) is 14.0. The quantitative estimate of drug-likeness (QED) is 0.658. The number of piperazine rings is 1. The highest BCUT2D eigenvalue weighted by molar-refractivity contribution is 7.09. The molecular weight excluding hydrogens is 298 g/mol. The molecule has 0 bridgehead atoms. The Morgan fingerprint density at radius 1 is 1.45 bits per heavy atom. The van der Waals surface area contributed by atoms with Crippen LogP contribution in [-0.4, -0.2) is 73.7 Å². The number of aromatic nitrogens is 1. The lowest BCUT2D eigenvalue weighted by Gasteiger charge is -2.37. The lowest BCUT2D eigenvalue weighted by molar-refractivity contribution is 0.139. The van der Waals surface area contributed by atoms with E-state index in [2.05, 4.69) is 25.1 Å². The van der Waals surface area contributed by atoms with Crippen molar-refractivity contribution in [3.8, 4) is 0 Å². The van der Waals surface area contributed by atoms with Crippen molar-refractivity contribution in [3.05, 3.63) is 16.6 Å². The van der Waals surface area contributed by atoms with Gasteiger partial charge < -0.3 is 15.0 Å². The standard InChI is InChI=1S/C15H25N5OS/c1-16-15(18-10-14-17-3-9-22-14)20-6-4-19(5-7-20)11-13-2-8-21-12-13/h3,9,13H,2,4-8,10-12H2,1H3,(H,16,18). The van der Waals surface area contributed by atoms with Crippen LogP contribution in [0.15, 0.2) is 16.6 Å². The van der Waals surface area contributed by atoms with Gasteiger partial charge in [-0.2, -0.15) is 0 Å². The Labute approximate surface area is 136 Å². The summed E-state index contributed by atoms with van der Waals surface area (Å²) in [5.41, 5.74) is 0. The molecular formula is C15H25N5OS. The monoisotopic (exact) mass is 323 g/mol. The molecule has 3 rings (SSSR count). The van der Waals surface area contributed by atoms with Crippen molar-refractivity contribution in [3.63, 3.8) is 0 Å². The molecule has 0 spiro atoms. The van der Waals surface area contributed by atoms with E-state index in [0.717, 1.165) is 62.8 Å². The predicted octanol–water partition coefficient (Wildman–Crippen LogP) is 0.873. The van der Waals surface area contributed by atoms with Crippen molar-refractivity contribution in [1.29, 1.82) is 0 Å². The van der Waals surface area contributed by atoms with E-state index in [4.69, 9.17) is 4.74 Å². The fraction of sp³-hybridized carbons (Fsp3) is 0.733. The molecule has 1 atom stereocenters. The first kappa shape index (κ1) is 15.7. The van der Waals surface area contributed by atoms with Gasteiger partial charge in [0.25, 0.3) is 0 Å². The maximum atomic E-state index is 5.47. The molecule has 2 aliphatic heterocycles. The van der Waals surface area contributed by atoms with Crippen LogP contribution >= 0.6 is 11.3 Å². The van der Waals surface area contributed by atoms with Crippen LogP contribution in [0.25, 0.3) is 0 Å². The Balaban J connectivity index is 1.42. The van der Waals surface area contributed by atoms with Crippen molar-refractivity contribution in [2.45, 2.75) is 13.0 Å². The summed E-state index contributed by atoms with van der Waals surface area (Å²) in [5, 5.41) is 6.52. The first-order valence-electron chi connectivity index (χ1n) is 7.99. The number of ether oxygens (including phenoxy) is 1. The Hall–Kier alpha value is -1.18. The highest BCUT2D eigenvalue weighted by Crippen LogP contribution is 2.15. The maximum absolute atomic E-state index is 5.47. The van der Waals surface area contributed by atoms with Crippen LogP contribution in [0.3, 0.4) is 0 Å². The smallest absolute Gasteiger partial charge is 0.194 e. The van der Waals surface area contributed by atoms with Crippen molar-refractivity contribution in [2.75, 3.05) is 53.0 Å². The van der Waals surface area contributed by atoms with Crippen molar-refractivity contribution < 1.29 is 4.74 Å². The SMILES string of the molecule is CN=C(NCc1nccs1)N1CCN(CC2CCOC2)CC1. The molecule has 0 aliphatic carbocycles. The third-order valence-electron chi connectivity index (χ3n) is 4.31. The van der Waals surface area contributed by atoms with Gasteiger partial charge >= 0.3 is 0 Å². The Kier molecular flexibility index (Phi) is 5.64. The average Bonchev–Trinajstić information content (AvgIpc) is 3.23. The number of hydrogen-bond acceptors (Lipinski definition) is 5. The zero-order valence-electron chi connectivity index (χ0n) is 13.2. The first-order chi connectivity index (χ1) is 10.8. The lowest BCUT2D eigenvalue weighted by atomic mass is 10.1. The van der Waals surface area contributed by atoms with Crippen molar-refractivity contribution in [2.24, 2.45) is 10.9 Å². The molecule has 22 heavy (non-hydrogen) atoms. The summed E-state index contributed by atoms with van der Waals surface area (Å²) in [5.74, 6) is 1.72. The predicted molar refractivity (Wildman–Crippen MR) is 89.3 cm³/mol. The summed E-state index contributed by atoms with van der Waals surface area (Å²) >= 11 is 1.67. The number of rotatable bonds is 4. The minimum atomic E-state index is 0.730. The third kappa shape index (κ3) is 4.18. The van der Waals surface area contributed by atoms with E-state index in [1.165, 1.54) is 13.0 Å². The highest BCUT2D eigenvalue weighted by atomic mass is 32.1. The van der Waals surface area contributed by atoms with E-state index < -0.39 is 0 Å². The summed E-state index contributed by atoms with van der Waals surface area (Å²) < 4.78 is 5.47. The van der Waals surface area contributed by atoms with Gasteiger partial charge in [0.2, 0.25) is 0 Å². The van der Waals surface area contributed by atoms with Crippen LogP contribution in [0.2, 0.25) is 0 Å². The van der Waals surface area contributed by atoms with E-state index in [1.54, 1.807) is 11.3 Å². The van der Waals surface area contributed by atoms with E-state index >= 15 is 0 Å². The summed E-state index contributed by atoms with van der Waals surface area (Å²) in [6.45, 7) is 8.09. The van der Waals surface area contributed by atoms with Crippen LogP contribution in [0.5, 0.6) is 0 Å². The van der Waals surface area contributed by atoms with Crippen LogP contribution in [0, 0.1) is 5.92 Å². The summed E-state index contributed by atoms with van der Waals surface area (Å²) in [7, 11) is 1.85. The van der Waals surface area contributed by atoms with E-state index in [1.807, 2.05) is 18.6 Å². The Morgan fingerprint density at radius 3 is 2.95 bits per heavy atom. The fourth-order valence-corrected chi connectivity index (χ4v) is 3.62. The molecule has 0 amide bonds. The van der Waals surface area contributed by atoms with E-state index in [0.29, 0.717) is 0 Å². The van der Waals surface area contributed by atoms with Gasteiger partial charge in [0.05, 0.1) is 13.2 Å². The van der Waals surface area contributed by atoms with Gasteiger partial charge in [-0.1, -0.05) is 0 Å². The molecule has 1 N–H and O–H groups in total. The minimum Gasteiger partial charge on any atom is -0.381 e. The molecule has 2 aliphatic rings. The normalized spacial score (nSPS) is 24.0. The number of nitrogens with zero attached hydrogens (tertiary/aromatic N) is 4. The van der Waals surface area contributed by atoms with E-state index in [9.17, 15) is 0 Å². The second kappa shape index (κ2) is 7.89. The van der Waals surface area contributed by atoms with Gasteiger partial charge in [-0.15, -0.1) is 11.3 Å². The van der Waals surface area contributed by atoms with Gasteiger partial charge in [0.15, 0.2) is 5.96 Å². The molecule has 2 fully saturated rings. The van der Waals surface area contributed by atoms with E-state index in [-0.39, 0.29) is 0 Å². The molecule has 7 heteroatoms. The highest BCUT2D eigenvalue weighted by Gasteiger charge is 2.23. The van der Waals surface area contributed by atoms with Gasteiger partial charge in [-0.3, -0.25) is 9.89 Å². The van der Waals surface area contributed by atoms with Crippen LogP contribution < -0.4 is 5.32 Å². The van der Waals surface area contributed by atoms with Crippen molar-refractivity contribution in [1.82, 2.24) is 20.1 Å². The van der Waals surface area contributed by atoms with Gasteiger partial charge in [0, 0.05) is 58.0 Å². The van der Waals surface area contributed by atoms with Crippen LogP contribution in [0.1, 0.15) is 11.4 Å². The number of aliphatic imine (C=N–C) groups is 1. The topological polar surface area (TPSA) is 53.0 Å². The number of guanidine groups is 1. The second-order valence-corrected chi connectivity index (χ2v) is 6.82. The van der Waals surface area contributed by atoms with Crippen molar-refractivity contribution >= 4 is 17.3 Å². The molecule has 2 saturated heterocycles. The summed E-state index contributed by atoms with van der Waals surface area (Å²) in [6.07, 6.45) is 3.06. The van der Waals surface area contributed by atoms with Gasteiger partial charge in [0.1, 0.15) is 5.01 Å². The molecule has 0 aromatic carbocycles. The largest absolute Gasteiger partial charge is 0.381 e. The Morgan fingerprint density at radius 2 is 2.32 bits per heavy atom.